The van der Waals surface area contributed by atoms with Gasteiger partial charge in [-0.2, -0.15) is 0 Å². The summed E-state index contributed by atoms with van der Waals surface area (Å²) < 4.78 is 0. The molecule has 0 aromatic heterocycles. The highest BCUT2D eigenvalue weighted by Crippen LogP contribution is 2.26. The first kappa shape index (κ1) is 13.6. The van der Waals surface area contributed by atoms with Crippen LogP contribution in [-0.4, -0.2) is 6.54 Å². The third-order valence-corrected chi connectivity index (χ3v) is 3.14. The lowest BCUT2D eigenvalue weighted by atomic mass is 10.0. The number of halogens is 2. The summed E-state index contributed by atoms with van der Waals surface area (Å²) in [7, 11) is 0. The molecule has 0 saturated carbocycles. The fourth-order valence-corrected chi connectivity index (χ4v) is 1.83. The van der Waals surface area contributed by atoms with Gasteiger partial charge in [0.25, 0.3) is 0 Å². The maximum Gasteiger partial charge on any atom is 0.0595 e. The molecule has 1 atom stereocenters. The fraction of sp³-hybridized carbons (Fsp3) is 0.385. The number of hydrogen-bond acceptors (Lipinski definition) is 1. The molecular formula is C13H17Cl2N. The van der Waals surface area contributed by atoms with Crippen molar-refractivity contribution in [2.45, 2.75) is 26.3 Å². The normalized spacial score (nSPS) is 12.5. The van der Waals surface area contributed by atoms with Gasteiger partial charge in [-0.15, -0.1) is 0 Å². The Balaban J connectivity index is 2.78. The Morgan fingerprint density at radius 3 is 2.56 bits per heavy atom. The molecule has 1 aromatic carbocycles. The number of rotatable bonds is 5. The number of hydrogen-bond donors (Lipinski definition) is 1. The quantitative estimate of drug-likeness (QED) is 0.760. The van der Waals surface area contributed by atoms with Crippen molar-refractivity contribution in [1.82, 2.24) is 5.32 Å². The van der Waals surface area contributed by atoms with E-state index in [0.717, 1.165) is 24.1 Å². The Kier molecular flexibility index (Phi) is 5.33. The van der Waals surface area contributed by atoms with Gasteiger partial charge >= 0.3 is 0 Å². The second kappa shape index (κ2) is 6.29. The molecule has 0 heterocycles. The highest BCUT2D eigenvalue weighted by molar-refractivity contribution is 6.42. The smallest absolute Gasteiger partial charge is 0.0595 e. The van der Waals surface area contributed by atoms with Crippen LogP contribution < -0.4 is 5.32 Å². The second-order valence-electron chi connectivity index (χ2n) is 3.97. The average Bonchev–Trinajstić information content (AvgIpc) is 2.23. The van der Waals surface area contributed by atoms with Crippen LogP contribution in [-0.2, 0) is 0 Å². The van der Waals surface area contributed by atoms with Gasteiger partial charge in [-0.1, -0.05) is 48.3 Å². The number of nitrogens with one attached hydrogen (secondary N) is 1. The predicted molar refractivity (Wildman–Crippen MR) is 72.3 cm³/mol. The van der Waals surface area contributed by atoms with Gasteiger partial charge in [0.15, 0.2) is 0 Å². The average molecular weight is 258 g/mol. The summed E-state index contributed by atoms with van der Waals surface area (Å²) in [6.07, 6.45) is 1.01. The lowest BCUT2D eigenvalue weighted by Crippen LogP contribution is -2.22. The van der Waals surface area contributed by atoms with Crippen LogP contribution in [0.1, 0.15) is 31.9 Å². The summed E-state index contributed by atoms with van der Waals surface area (Å²) in [6.45, 7) is 8.84. The summed E-state index contributed by atoms with van der Waals surface area (Å²) >= 11 is 11.9. The predicted octanol–water partition coefficient (Wildman–Crippen LogP) is 4.61. The van der Waals surface area contributed by atoms with E-state index in [9.17, 15) is 0 Å². The Morgan fingerprint density at radius 1 is 1.38 bits per heavy atom. The van der Waals surface area contributed by atoms with Crippen molar-refractivity contribution in [1.29, 1.82) is 0 Å². The largest absolute Gasteiger partial charge is 0.306 e. The molecule has 1 unspecified atom stereocenters. The van der Waals surface area contributed by atoms with Gasteiger partial charge in [0.05, 0.1) is 10.0 Å². The van der Waals surface area contributed by atoms with E-state index in [1.807, 2.05) is 25.1 Å². The molecule has 0 fully saturated rings. The zero-order chi connectivity index (χ0) is 12.1. The minimum Gasteiger partial charge on any atom is -0.306 e. The summed E-state index contributed by atoms with van der Waals surface area (Å²) in [4.78, 5) is 0. The first-order chi connectivity index (χ1) is 7.54. The van der Waals surface area contributed by atoms with E-state index < -0.39 is 0 Å². The van der Waals surface area contributed by atoms with Crippen LogP contribution in [0.25, 0.3) is 0 Å². The van der Waals surface area contributed by atoms with Gasteiger partial charge in [0, 0.05) is 12.6 Å². The third kappa shape index (κ3) is 3.82. The molecule has 0 spiro atoms. The fourth-order valence-electron chi connectivity index (χ4n) is 1.52. The van der Waals surface area contributed by atoms with Crippen LogP contribution in [0.3, 0.4) is 0 Å². The zero-order valence-electron chi connectivity index (χ0n) is 9.69. The van der Waals surface area contributed by atoms with Crippen molar-refractivity contribution in [2.24, 2.45) is 0 Å². The van der Waals surface area contributed by atoms with Gasteiger partial charge in [-0.3, -0.25) is 0 Å². The summed E-state index contributed by atoms with van der Waals surface area (Å²) in [5.41, 5.74) is 2.29. The van der Waals surface area contributed by atoms with Gasteiger partial charge in [0.2, 0.25) is 0 Å². The zero-order valence-corrected chi connectivity index (χ0v) is 11.2. The Hall–Kier alpha value is -0.500. The van der Waals surface area contributed by atoms with Crippen molar-refractivity contribution in [2.75, 3.05) is 6.54 Å². The molecule has 0 saturated heterocycles. The molecule has 16 heavy (non-hydrogen) atoms. The van der Waals surface area contributed by atoms with Crippen LogP contribution in [0, 0.1) is 0 Å². The summed E-state index contributed by atoms with van der Waals surface area (Å²) in [5.74, 6) is 0. The molecule has 0 aliphatic rings. The van der Waals surface area contributed by atoms with Crippen LogP contribution in [0.15, 0.2) is 30.4 Å². The molecule has 0 amide bonds. The van der Waals surface area contributed by atoms with Crippen molar-refractivity contribution in [3.8, 4) is 0 Å². The van der Waals surface area contributed by atoms with Gasteiger partial charge < -0.3 is 5.32 Å². The van der Waals surface area contributed by atoms with Crippen LogP contribution in [0.4, 0.5) is 0 Å². The van der Waals surface area contributed by atoms with Gasteiger partial charge in [0.1, 0.15) is 0 Å². The minimum absolute atomic E-state index is 0.298. The van der Waals surface area contributed by atoms with Gasteiger partial charge in [-0.25, -0.2) is 0 Å². The van der Waals surface area contributed by atoms with E-state index in [4.69, 9.17) is 23.2 Å². The van der Waals surface area contributed by atoms with E-state index in [1.165, 1.54) is 0 Å². The number of benzene rings is 1. The molecule has 0 aliphatic carbocycles. The topological polar surface area (TPSA) is 12.0 Å². The monoisotopic (exact) mass is 257 g/mol. The molecule has 1 rings (SSSR count). The van der Waals surface area contributed by atoms with Crippen molar-refractivity contribution in [3.63, 3.8) is 0 Å². The molecule has 0 aliphatic heterocycles. The lowest BCUT2D eigenvalue weighted by molar-refractivity contribution is 0.544. The Bertz CT molecular complexity index is 374. The standard InChI is InChI=1S/C13H17Cl2N/c1-4-13(16-8-9(2)3)10-5-6-11(14)12(15)7-10/h5-7,13,16H,2,4,8H2,1,3H3. The molecule has 1 N–H and O–H groups in total. The van der Waals surface area contributed by atoms with E-state index in [-0.39, 0.29) is 0 Å². The molecule has 88 valence electrons. The minimum atomic E-state index is 0.298. The summed E-state index contributed by atoms with van der Waals surface area (Å²) in [5, 5.41) is 4.63. The Morgan fingerprint density at radius 2 is 2.06 bits per heavy atom. The first-order valence-electron chi connectivity index (χ1n) is 5.37. The maximum atomic E-state index is 6.00. The molecule has 0 bridgehead atoms. The van der Waals surface area contributed by atoms with E-state index in [1.54, 1.807) is 0 Å². The molecule has 1 nitrogen and oxygen atoms in total. The summed E-state index contributed by atoms with van der Waals surface area (Å²) in [6, 6.07) is 6.06. The van der Waals surface area contributed by atoms with Crippen molar-refractivity contribution in [3.05, 3.63) is 46.0 Å². The highest BCUT2D eigenvalue weighted by atomic mass is 35.5. The molecular weight excluding hydrogens is 241 g/mol. The maximum absolute atomic E-state index is 6.00. The first-order valence-corrected chi connectivity index (χ1v) is 6.13. The second-order valence-corrected chi connectivity index (χ2v) is 4.79. The van der Waals surface area contributed by atoms with Crippen molar-refractivity contribution >= 4 is 23.2 Å². The van der Waals surface area contributed by atoms with E-state index >= 15 is 0 Å². The SMILES string of the molecule is C=C(C)CNC(CC)c1ccc(Cl)c(Cl)c1. The van der Waals surface area contributed by atoms with Gasteiger partial charge in [-0.05, 0) is 31.0 Å². The van der Waals surface area contributed by atoms with Crippen LogP contribution in [0.2, 0.25) is 10.0 Å². The highest BCUT2D eigenvalue weighted by Gasteiger charge is 2.09. The van der Waals surface area contributed by atoms with Crippen LogP contribution >= 0.6 is 23.2 Å². The van der Waals surface area contributed by atoms with E-state index in [2.05, 4.69) is 18.8 Å². The molecule has 3 heteroatoms. The Labute approximate surface area is 107 Å². The van der Waals surface area contributed by atoms with E-state index in [0.29, 0.717) is 16.1 Å². The molecule has 0 radical (unpaired) electrons. The third-order valence-electron chi connectivity index (χ3n) is 2.40. The van der Waals surface area contributed by atoms with Crippen LogP contribution in [0.5, 0.6) is 0 Å². The lowest BCUT2D eigenvalue weighted by Gasteiger charge is -2.18. The van der Waals surface area contributed by atoms with Crippen molar-refractivity contribution < 1.29 is 0 Å². The molecule has 1 aromatic rings.